The maximum absolute atomic E-state index is 12.8. The quantitative estimate of drug-likeness (QED) is 0.537. The minimum Gasteiger partial charge on any atom is -0.459 e. The molecule has 0 unspecified atom stereocenters. The first-order chi connectivity index (χ1) is 13.5. The molecule has 1 heterocycles. The summed E-state index contributed by atoms with van der Waals surface area (Å²) in [4.78, 5) is 13.0. The maximum Gasteiger partial charge on any atom is 0.291 e. The predicted octanol–water partition coefficient (Wildman–Crippen LogP) is 4.66. The summed E-state index contributed by atoms with van der Waals surface area (Å²) in [5, 5.41) is 4.71. The molecule has 1 amide bonds. The fraction of sp³-hybridized carbons (Fsp3) is 0.0455. The number of furan rings is 1. The van der Waals surface area contributed by atoms with Gasteiger partial charge in [-0.15, -0.1) is 0 Å². The Kier molecular flexibility index (Phi) is 4.71. The van der Waals surface area contributed by atoms with E-state index in [0.29, 0.717) is 11.3 Å². The summed E-state index contributed by atoms with van der Waals surface area (Å²) in [6, 6.07) is 22.9. The van der Waals surface area contributed by atoms with E-state index < -0.39 is 15.7 Å². The van der Waals surface area contributed by atoms with Gasteiger partial charge in [-0.1, -0.05) is 54.6 Å². The number of nitrogens with one attached hydrogen (secondary N) is 1. The van der Waals surface area contributed by atoms with E-state index in [-0.39, 0.29) is 16.4 Å². The van der Waals surface area contributed by atoms with E-state index in [9.17, 15) is 13.2 Å². The predicted molar refractivity (Wildman–Crippen MR) is 108 cm³/mol. The Morgan fingerprint density at radius 2 is 1.57 bits per heavy atom. The van der Waals surface area contributed by atoms with Crippen molar-refractivity contribution in [2.24, 2.45) is 0 Å². The molecule has 1 N–H and O–H groups in total. The molecular weight excluding hydrogens is 374 g/mol. The molecule has 3 aromatic carbocycles. The van der Waals surface area contributed by atoms with E-state index in [2.05, 4.69) is 5.32 Å². The van der Waals surface area contributed by atoms with Crippen molar-refractivity contribution in [2.75, 3.05) is 5.32 Å². The molecule has 0 saturated heterocycles. The zero-order chi connectivity index (χ0) is 19.6. The van der Waals surface area contributed by atoms with Crippen LogP contribution in [0.4, 0.5) is 5.69 Å². The molecule has 0 radical (unpaired) electrons. The number of sulfone groups is 1. The Balaban J connectivity index is 1.61. The van der Waals surface area contributed by atoms with Gasteiger partial charge in [-0.05, 0) is 29.7 Å². The van der Waals surface area contributed by atoms with Gasteiger partial charge >= 0.3 is 0 Å². The van der Waals surface area contributed by atoms with Gasteiger partial charge in [0.15, 0.2) is 15.6 Å². The number of benzene rings is 3. The van der Waals surface area contributed by atoms with Crippen LogP contribution in [0.2, 0.25) is 0 Å². The minimum atomic E-state index is -3.59. The van der Waals surface area contributed by atoms with Crippen molar-refractivity contribution < 1.29 is 17.6 Å². The molecule has 6 heteroatoms. The second kappa shape index (κ2) is 7.32. The van der Waals surface area contributed by atoms with Gasteiger partial charge in [-0.25, -0.2) is 8.42 Å². The molecule has 0 bridgehead atoms. The van der Waals surface area contributed by atoms with E-state index >= 15 is 0 Å². The van der Waals surface area contributed by atoms with Gasteiger partial charge in [0.25, 0.3) is 5.91 Å². The van der Waals surface area contributed by atoms with E-state index in [0.717, 1.165) is 10.8 Å². The van der Waals surface area contributed by atoms with Crippen molar-refractivity contribution in [3.05, 3.63) is 96.4 Å². The SMILES string of the molecule is O=C(Nc1cccc2ccccc12)c1occc1CS(=O)(=O)c1ccccc1. The first-order valence-electron chi connectivity index (χ1n) is 8.68. The smallest absolute Gasteiger partial charge is 0.291 e. The minimum absolute atomic E-state index is 0.00700. The number of anilines is 1. The normalized spacial score (nSPS) is 11.4. The topological polar surface area (TPSA) is 76.4 Å². The summed E-state index contributed by atoms with van der Waals surface area (Å²) in [6.45, 7) is 0. The van der Waals surface area contributed by atoms with Crippen molar-refractivity contribution in [1.29, 1.82) is 0 Å². The lowest BCUT2D eigenvalue weighted by molar-refractivity contribution is 0.0996. The monoisotopic (exact) mass is 391 g/mol. The molecule has 5 nitrogen and oxygen atoms in total. The van der Waals surface area contributed by atoms with Gasteiger partial charge < -0.3 is 9.73 Å². The van der Waals surface area contributed by atoms with Crippen LogP contribution in [-0.4, -0.2) is 14.3 Å². The van der Waals surface area contributed by atoms with Crippen LogP contribution >= 0.6 is 0 Å². The van der Waals surface area contributed by atoms with E-state index in [1.807, 2.05) is 36.4 Å². The van der Waals surface area contributed by atoms with Crippen molar-refractivity contribution in [2.45, 2.75) is 10.6 Å². The lowest BCUT2D eigenvalue weighted by Crippen LogP contribution is -2.15. The molecule has 0 aliphatic rings. The summed E-state index contributed by atoms with van der Waals surface area (Å²) in [5.74, 6) is -0.807. The number of amides is 1. The highest BCUT2D eigenvalue weighted by molar-refractivity contribution is 7.90. The highest BCUT2D eigenvalue weighted by Crippen LogP contribution is 2.25. The van der Waals surface area contributed by atoms with E-state index in [4.69, 9.17) is 4.42 Å². The van der Waals surface area contributed by atoms with Crippen LogP contribution in [0.15, 0.2) is 94.4 Å². The molecular formula is C22H17NO4S. The third-order valence-electron chi connectivity index (χ3n) is 4.44. The molecule has 0 aliphatic carbocycles. The van der Waals surface area contributed by atoms with Crippen LogP contribution in [-0.2, 0) is 15.6 Å². The number of hydrogen-bond acceptors (Lipinski definition) is 4. The Hall–Kier alpha value is -3.38. The van der Waals surface area contributed by atoms with E-state index in [1.165, 1.54) is 24.5 Å². The summed E-state index contributed by atoms with van der Waals surface area (Å²) < 4.78 is 30.6. The maximum atomic E-state index is 12.8. The molecule has 28 heavy (non-hydrogen) atoms. The zero-order valence-corrected chi connectivity index (χ0v) is 15.6. The molecule has 4 rings (SSSR count). The fourth-order valence-corrected chi connectivity index (χ4v) is 4.45. The average molecular weight is 391 g/mol. The number of rotatable bonds is 5. The molecule has 0 saturated carbocycles. The van der Waals surface area contributed by atoms with Gasteiger partial charge in [0.2, 0.25) is 0 Å². The van der Waals surface area contributed by atoms with Crippen LogP contribution in [0.1, 0.15) is 16.1 Å². The molecule has 4 aromatic rings. The lowest BCUT2D eigenvalue weighted by atomic mass is 10.1. The third-order valence-corrected chi connectivity index (χ3v) is 6.12. The molecule has 0 atom stereocenters. The summed E-state index contributed by atoms with van der Waals surface area (Å²) in [7, 11) is -3.59. The molecule has 0 spiro atoms. The number of hydrogen-bond donors (Lipinski definition) is 1. The van der Waals surface area contributed by atoms with Crippen molar-refractivity contribution in [3.8, 4) is 0 Å². The Bertz CT molecular complexity index is 1240. The van der Waals surface area contributed by atoms with E-state index in [1.54, 1.807) is 24.3 Å². The number of carbonyl (C=O) groups excluding carboxylic acids is 1. The average Bonchev–Trinajstić information content (AvgIpc) is 3.16. The third kappa shape index (κ3) is 3.54. The van der Waals surface area contributed by atoms with Gasteiger partial charge in [0.1, 0.15) is 0 Å². The standard InChI is InChI=1S/C22H17NO4S/c24-22(23-20-12-6-8-16-7-4-5-11-19(16)20)21-17(13-14-27-21)15-28(25,26)18-9-2-1-3-10-18/h1-14H,15H2,(H,23,24). The van der Waals surface area contributed by atoms with Crippen molar-refractivity contribution >= 4 is 32.2 Å². The second-order valence-corrected chi connectivity index (χ2v) is 8.32. The van der Waals surface area contributed by atoms with Gasteiger partial charge in [0.05, 0.1) is 16.9 Å². The van der Waals surface area contributed by atoms with Crippen molar-refractivity contribution in [3.63, 3.8) is 0 Å². The highest BCUT2D eigenvalue weighted by atomic mass is 32.2. The summed E-state index contributed by atoms with van der Waals surface area (Å²) in [6.07, 6.45) is 1.33. The van der Waals surface area contributed by atoms with Crippen LogP contribution in [0.25, 0.3) is 10.8 Å². The lowest BCUT2D eigenvalue weighted by Gasteiger charge is -2.09. The van der Waals surface area contributed by atoms with Gasteiger partial charge in [-0.3, -0.25) is 4.79 Å². The fourth-order valence-electron chi connectivity index (χ4n) is 3.08. The second-order valence-electron chi connectivity index (χ2n) is 6.33. The van der Waals surface area contributed by atoms with Crippen LogP contribution < -0.4 is 5.32 Å². The zero-order valence-electron chi connectivity index (χ0n) is 14.8. The van der Waals surface area contributed by atoms with Crippen molar-refractivity contribution in [1.82, 2.24) is 0 Å². The van der Waals surface area contributed by atoms with Gasteiger partial charge in [0, 0.05) is 16.6 Å². The Morgan fingerprint density at radius 3 is 2.39 bits per heavy atom. The van der Waals surface area contributed by atoms with Crippen LogP contribution in [0.5, 0.6) is 0 Å². The Labute approximate surface area is 162 Å². The first kappa shape index (κ1) is 18.0. The molecule has 0 fully saturated rings. The molecule has 0 aliphatic heterocycles. The van der Waals surface area contributed by atoms with Crippen LogP contribution in [0.3, 0.4) is 0 Å². The number of carbonyl (C=O) groups is 1. The molecule has 1 aromatic heterocycles. The molecule has 140 valence electrons. The largest absolute Gasteiger partial charge is 0.459 e. The highest BCUT2D eigenvalue weighted by Gasteiger charge is 2.22. The summed E-state index contributed by atoms with van der Waals surface area (Å²) >= 11 is 0. The van der Waals surface area contributed by atoms with Gasteiger partial charge in [-0.2, -0.15) is 0 Å². The Morgan fingerprint density at radius 1 is 0.857 bits per heavy atom. The first-order valence-corrected chi connectivity index (χ1v) is 10.3. The summed E-state index contributed by atoms with van der Waals surface area (Å²) in [5.41, 5.74) is 0.956. The number of fused-ring (bicyclic) bond motifs is 1. The van der Waals surface area contributed by atoms with Crippen LogP contribution in [0, 0.1) is 0 Å².